The highest BCUT2D eigenvalue weighted by Gasteiger charge is 2.13. The number of hydrogen-bond donors (Lipinski definition) is 2. The summed E-state index contributed by atoms with van der Waals surface area (Å²) < 4.78 is 12.4. The van der Waals surface area contributed by atoms with Crippen LogP contribution in [0.25, 0.3) is 0 Å². The van der Waals surface area contributed by atoms with Crippen molar-refractivity contribution in [2.24, 2.45) is 5.10 Å². The minimum Gasteiger partial charge on any atom is -0.490 e. The number of nitrogens with one attached hydrogen (secondary N) is 2. The first-order chi connectivity index (χ1) is 14.8. The van der Waals surface area contributed by atoms with Gasteiger partial charge in [0.1, 0.15) is 0 Å². The van der Waals surface area contributed by atoms with Gasteiger partial charge in [-0.1, -0.05) is 18.2 Å². The third-order valence-corrected chi connectivity index (χ3v) is 4.89. The normalized spacial score (nSPS) is 10.9. The van der Waals surface area contributed by atoms with Crippen LogP contribution in [0.2, 0.25) is 0 Å². The maximum Gasteiger partial charge on any atom is 0.240 e. The zero-order valence-electron chi connectivity index (χ0n) is 18.2. The van der Waals surface area contributed by atoms with Gasteiger partial charge in [0.15, 0.2) is 11.5 Å². The Labute approximate surface area is 196 Å². The quantitative estimate of drug-likeness (QED) is 0.262. The summed E-state index contributed by atoms with van der Waals surface area (Å²) in [6.07, 6.45) is 1.67. The van der Waals surface area contributed by atoms with E-state index in [0.717, 1.165) is 20.4 Å². The van der Waals surface area contributed by atoms with Crippen molar-refractivity contribution in [1.29, 1.82) is 0 Å². The van der Waals surface area contributed by atoms with E-state index in [1.807, 2.05) is 64.1 Å². The summed E-state index contributed by atoms with van der Waals surface area (Å²) in [5, 5.41) is 6.80. The molecule has 2 aromatic carbocycles. The van der Waals surface area contributed by atoms with Gasteiger partial charge in [-0.05, 0) is 79.6 Å². The lowest BCUT2D eigenvalue weighted by molar-refractivity contribution is -0.124. The molecule has 7 nitrogen and oxygen atoms in total. The number of carbonyl (C=O) groups is 2. The van der Waals surface area contributed by atoms with E-state index >= 15 is 0 Å². The Bertz CT molecular complexity index is 944. The molecule has 0 heterocycles. The number of hydrazone groups is 1. The average molecular weight is 537 g/mol. The number of carbonyl (C=O) groups excluding carboxylic acids is 2. The summed E-state index contributed by atoms with van der Waals surface area (Å²) in [5.41, 5.74) is 4.93. The van der Waals surface area contributed by atoms with Crippen molar-refractivity contribution < 1.29 is 19.1 Å². The summed E-state index contributed by atoms with van der Waals surface area (Å²) in [7, 11) is 0. The molecule has 0 aliphatic carbocycles. The first-order valence-electron chi connectivity index (χ1n) is 10.1. The molecule has 0 bridgehead atoms. The SMILES string of the molecule is CCOc1cc(C=NNC(=O)CCC(=O)Nc2ccccc2C)cc(I)c1OC(C)C. The fraction of sp³-hybridized carbons (Fsp3) is 0.348. The van der Waals surface area contributed by atoms with Gasteiger partial charge in [-0.2, -0.15) is 5.10 Å². The van der Waals surface area contributed by atoms with Gasteiger partial charge in [0, 0.05) is 18.5 Å². The molecule has 166 valence electrons. The molecule has 0 aromatic heterocycles. The van der Waals surface area contributed by atoms with Gasteiger partial charge >= 0.3 is 0 Å². The minimum atomic E-state index is -0.337. The Kier molecular flexibility index (Phi) is 9.77. The molecule has 0 radical (unpaired) electrons. The van der Waals surface area contributed by atoms with Gasteiger partial charge in [-0.15, -0.1) is 0 Å². The number of hydrogen-bond acceptors (Lipinski definition) is 5. The van der Waals surface area contributed by atoms with Gasteiger partial charge in [0.05, 0.1) is 22.5 Å². The molecule has 0 unspecified atom stereocenters. The van der Waals surface area contributed by atoms with E-state index in [1.165, 1.54) is 6.21 Å². The highest BCUT2D eigenvalue weighted by atomic mass is 127. The number of halogens is 1. The monoisotopic (exact) mass is 537 g/mol. The molecule has 0 fully saturated rings. The molecule has 2 N–H and O–H groups in total. The molecule has 0 saturated heterocycles. The van der Waals surface area contributed by atoms with Crippen molar-refractivity contribution in [3.63, 3.8) is 0 Å². The van der Waals surface area contributed by atoms with E-state index in [4.69, 9.17) is 9.47 Å². The van der Waals surface area contributed by atoms with E-state index in [-0.39, 0.29) is 30.8 Å². The second kappa shape index (κ2) is 12.3. The summed E-state index contributed by atoms with van der Waals surface area (Å²) in [6, 6.07) is 11.2. The van der Waals surface area contributed by atoms with Crippen molar-refractivity contribution >= 4 is 46.3 Å². The maximum absolute atomic E-state index is 12.1. The Morgan fingerprint density at radius 1 is 1.16 bits per heavy atom. The average Bonchev–Trinajstić information content (AvgIpc) is 2.71. The molecular formula is C23H28IN3O4. The molecule has 8 heteroatoms. The van der Waals surface area contributed by atoms with Gasteiger partial charge in [-0.25, -0.2) is 5.43 Å². The van der Waals surface area contributed by atoms with Gasteiger partial charge in [-0.3, -0.25) is 9.59 Å². The van der Waals surface area contributed by atoms with Crippen LogP contribution in [0.1, 0.15) is 44.7 Å². The van der Waals surface area contributed by atoms with Crippen molar-refractivity contribution in [3.8, 4) is 11.5 Å². The van der Waals surface area contributed by atoms with Crippen LogP contribution in [0.5, 0.6) is 11.5 Å². The number of rotatable bonds is 10. The van der Waals surface area contributed by atoms with Crippen molar-refractivity contribution in [2.45, 2.75) is 46.6 Å². The molecule has 0 spiro atoms. The standard InChI is InChI=1S/C23H28IN3O4/c1-5-30-20-13-17(12-18(24)23(20)31-15(2)3)14-25-27-22(29)11-10-21(28)26-19-9-7-6-8-16(19)4/h6-9,12-15H,5,10-11H2,1-4H3,(H,26,28)(H,27,29). The zero-order valence-corrected chi connectivity index (χ0v) is 20.4. The van der Waals surface area contributed by atoms with E-state index in [0.29, 0.717) is 18.1 Å². The lowest BCUT2D eigenvalue weighted by atomic mass is 10.2. The zero-order chi connectivity index (χ0) is 22.8. The third kappa shape index (κ3) is 8.20. The molecule has 2 aromatic rings. The Balaban J connectivity index is 1.90. The maximum atomic E-state index is 12.1. The molecule has 2 amide bonds. The van der Waals surface area contributed by atoms with Gasteiger partial charge in [0.25, 0.3) is 0 Å². The summed E-state index contributed by atoms with van der Waals surface area (Å²) in [5.74, 6) is 0.766. The Hall–Kier alpha value is -2.62. The number of para-hydroxylation sites is 1. The Morgan fingerprint density at radius 2 is 1.87 bits per heavy atom. The molecular weight excluding hydrogens is 509 g/mol. The van der Waals surface area contributed by atoms with Crippen LogP contribution in [0.15, 0.2) is 41.5 Å². The molecule has 0 aliphatic rings. The van der Waals surface area contributed by atoms with Crippen LogP contribution < -0.4 is 20.2 Å². The predicted molar refractivity (Wildman–Crippen MR) is 131 cm³/mol. The van der Waals surface area contributed by atoms with Crippen molar-refractivity contribution in [3.05, 3.63) is 51.1 Å². The lowest BCUT2D eigenvalue weighted by Crippen LogP contribution is -2.20. The van der Waals surface area contributed by atoms with Gasteiger partial charge < -0.3 is 14.8 Å². The number of nitrogens with zero attached hydrogens (tertiary/aromatic N) is 1. The van der Waals surface area contributed by atoms with E-state index < -0.39 is 0 Å². The number of anilines is 1. The first kappa shape index (κ1) is 24.6. The minimum absolute atomic E-state index is 0.0227. The van der Waals surface area contributed by atoms with Crippen LogP contribution in [0, 0.1) is 10.5 Å². The fourth-order valence-electron chi connectivity index (χ4n) is 2.66. The van der Waals surface area contributed by atoms with Crippen LogP contribution >= 0.6 is 22.6 Å². The van der Waals surface area contributed by atoms with Crippen molar-refractivity contribution in [2.75, 3.05) is 11.9 Å². The highest BCUT2D eigenvalue weighted by Crippen LogP contribution is 2.34. The van der Waals surface area contributed by atoms with Gasteiger partial charge in [0.2, 0.25) is 11.8 Å². The topological polar surface area (TPSA) is 89.0 Å². The van der Waals surface area contributed by atoms with Crippen LogP contribution in [0.4, 0.5) is 5.69 Å². The van der Waals surface area contributed by atoms with E-state index in [1.54, 1.807) is 0 Å². The lowest BCUT2D eigenvalue weighted by Gasteiger charge is -2.16. The second-order valence-corrected chi connectivity index (χ2v) is 8.25. The number of aryl methyl sites for hydroxylation is 1. The van der Waals surface area contributed by atoms with Crippen LogP contribution in [-0.4, -0.2) is 30.7 Å². The summed E-state index contributed by atoms with van der Waals surface area (Å²) >= 11 is 2.18. The first-order valence-corrected chi connectivity index (χ1v) is 11.2. The van der Waals surface area contributed by atoms with E-state index in [2.05, 4.69) is 38.4 Å². The van der Waals surface area contributed by atoms with Crippen LogP contribution in [0.3, 0.4) is 0 Å². The summed E-state index contributed by atoms with van der Waals surface area (Å²) in [4.78, 5) is 24.1. The largest absolute Gasteiger partial charge is 0.490 e. The number of amides is 2. The van der Waals surface area contributed by atoms with Crippen LogP contribution in [-0.2, 0) is 9.59 Å². The van der Waals surface area contributed by atoms with E-state index in [9.17, 15) is 9.59 Å². The molecule has 31 heavy (non-hydrogen) atoms. The number of benzene rings is 2. The highest BCUT2D eigenvalue weighted by molar-refractivity contribution is 14.1. The smallest absolute Gasteiger partial charge is 0.240 e. The second-order valence-electron chi connectivity index (χ2n) is 7.09. The summed E-state index contributed by atoms with van der Waals surface area (Å²) in [6.45, 7) is 8.24. The predicted octanol–water partition coefficient (Wildman–Crippen LogP) is 4.65. The Morgan fingerprint density at radius 3 is 2.55 bits per heavy atom. The van der Waals surface area contributed by atoms with Crippen molar-refractivity contribution in [1.82, 2.24) is 5.43 Å². The molecule has 0 atom stereocenters. The fourth-order valence-corrected chi connectivity index (χ4v) is 3.42. The third-order valence-electron chi connectivity index (χ3n) is 4.09. The number of ether oxygens (including phenoxy) is 2. The molecule has 2 rings (SSSR count). The molecule has 0 aliphatic heterocycles. The molecule has 0 saturated carbocycles.